The van der Waals surface area contributed by atoms with Crippen molar-refractivity contribution in [3.63, 3.8) is 0 Å². The molecule has 1 fully saturated rings. The zero-order chi connectivity index (χ0) is 18.5. The molecule has 0 saturated carbocycles. The Bertz CT molecular complexity index is 1040. The van der Waals surface area contributed by atoms with Crippen LogP contribution >= 0.6 is 11.6 Å². The van der Waals surface area contributed by atoms with Crippen LogP contribution in [0.4, 0.5) is 19.1 Å². The predicted molar refractivity (Wildman–Crippen MR) is 90.9 cm³/mol. The molecule has 1 aromatic carbocycles. The van der Waals surface area contributed by atoms with Crippen molar-refractivity contribution >= 4 is 28.6 Å². The van der Waals surface area contributed by atoms with Gasteiger partial charge in [0.05, 0.1) is 11.3 Å². The van der Waals surface area contributed by atoms with Crippen LogP contribution in [0.15, 0.2) is 29.2 Å². The van der Waals surface area contributed by atoms with E-state index in [9.17, 15) is 18.0 Å². The third-order valence-electron chi connectivity index (χ3n) is 4.29. The Morgan fingerprint density at radius 1 is 1.19 bits per heavy atom. The van der Waals surface area contributed by atoms with Crippen LogP contribution in [0.5, 0.6) is 0 Å². The average molecular weight is 384 g/mol. The molecule has 0 amide bonds. The van der Waals surface area contributed by atoms with Crippen LogP contribution in [-0.4, -0.2) is 32.8 Å². The number of halogens is 4. The van der Waals surface area contributed by atoms with E-state index in [1.165, 1.54) is 18.3 Å². The molecule has 1 aliphatic heterocycles. The number of benzene rings is 1. The van der Waals surface area contributed by atoms with Gasteiger partial charge in [0.25, 0.3) is 5.56 Å². The average Bonchev–Trinajstić information content (AvgIpc) is 3.23. The third kappa shape index (κ3) is 2.92. The number of fused-ring (bicyclic) bond motifs is 1. The number of hydrogen-bond acceptors (Lipinski definition) is 4. The Morgan fingerprint density at radius 3 is 2.62 bits per heavy atom. The van der Waals surface area contributed by atoms with E-state index >= 15 is 0 Å². The van der Waals surface area contributed by atoms with Gasteiger partial charge in [-0.2, -0.15) is 18.2 Å². The molecule has 1 saturated heterocycles. The first-order valence-corrected chi connectivity index (χ1v) is 8.32. The molecule has 3 aromatic rings. The summed E-state index contributed by atoms with van der Waals surface area (Å²) in [6.07, 6.45) is -1.38. The zero-order valence-electron chi connectivity index (χ0n) is 13.3. The molecule has 136 valence electrons. The molecule has 0 aliphatic carbocycles. The summed E-state index contributed by atoms with van der Waals surface area (Å²) < 4.78 is 41.0. The molecule has 0 radical (unpaired) electrons. The van der Waals surface area contributed by atoms with Crippen molar-refractivity contribution in [3.8, 4) is 5.69 Å². The Hall–Kier alpha value is -2.55. The van der Waals surface area contributed by atoms with Crippen LogP contribution in [0.2, 0.25) is 5.02 Å². The van der Waals surface area contributed by atoms with E-state index in [1.54, 1.807) is 0 Å². The summed E-state index contributed by atoms with van der Waals surface area (Å²) in [5.41, 5.74) is -1.50. The van der Waals surface area contributed by atoms with E-state index in [0.717, 1.165) is 36.7 Å². The lowest BCUT2D eigenvalue weighted by molar-refractivity contribution is -0.137. The summed E-state index contributed by atoms with van der Waals surface area (Å²) in [6.45, 7) is 1.54. The van der Waals surface area contributed by atoms with Gasteiger partial charge in [0, 0.05) is 24.3 Å². The number of nitrogens with one attached hydrogen (secondary N) is 1. The van der Waals surface area contributed by atoms with Gasteiger partial charge in [-0.3, -0.25) is 9.78 Å². The highest BCUT2D eigenvalue weighted by atomic mass is 35.5. The fraction of sp³-hybridized carbons (Fsp3) is 0.312. The van der Waals surface area contributed by atoms with Crippen molar-refractivity contribution in [1.29, 1.82) is 0 Å². The van der Waals surface area contributed by atoms with Crippen molar-refractivity contribution in [2.75, 3.05) is 18.0 Å². The van der Waals surface area contributed by atoms with E-state index < -0.39 is 17.3 Å². The fourth-order valence-corrected chi connectivity index (χ4v) is 3.21. The summed E-state index contributed by atoms with van der Waals surface area (Å²) >= 11 is 5.71. The molecule has 10 heteroatoms. The number of hydrogen-bond donors (Lipinski definition) is 1. The molecule has 0 bridgehead atoms. The molecule has 0 spiro atoms. The number of anilines is 1. The molecule has 4 rings (SSSR count). The molecule has 1 N–H and O–H groups in total. The van der Waals surface area contributed by atoms with Gasteiger partial charge < -0.3 is 4.90 Å². The SMILES string of the molecule is O=c1[nH]c(N2CCCC2)nc2nn(-c3ccc(Cl)cc3C(F)(F)F)cc12. The zero-order valence-corrected chi connectivity index (χ0v) is 14.1. The molecule has 26 heavy (non-hydrogen) atoms. The van der Waals surface area contributed by atoms with Crippen LogP contribution in [0.1, 0.15) is 18.4 Å². The maximum atomic E-state index is 13.3. The largest absolute Gasteiger partial charge is 0.418 e. The molecular formula is C16H13ClF3N5O. The van der Waals surface area contributed by atoms with Crippen molar-refractivity contribution in [2.45, 2.75) is 19.0 Å². The number of alkyl halides is 3. The Morgan fingerprint density at radius 2 is 1.92 bits per heavy atom. The molecule has 3 heterocycles. The second kappa shape index (κ2) is 6.01. The standard InChI is InChI=1S/C16H13ClF3N5O/c17-9-3-4-12(11(7-9)16(18,19)20)25-8-10-13(23-25)21-15(22-14(10)26)24-5-1-2-6-24/h3-4,7-8H,1-2,5-6H2,(H,21,22,23,26). The number of rotatable bonds is 2. The van der Waals surface area contributed by atoms with Gasteiger partial charge in [0.1, 0.15) is 5.39 Å². The van der Waals surface area contributed by atoms with Gasteiger partial charge in [-0.05, 0) is 31.0 Å². The van der Waals surface area contributed by atoms with E-state index in [2.05, 4.69) is 15.1 Å². The summed E-state index contributed by atoms with van der Waals surface area (Å²) in [5.74, 6) is 0.386. The Balaban J connectivity index is 1.86. The molecular weight excluding hydrogens is 371 g/mol. The molecule has 6 nitrogen and oxygen atoms in total. The minimum absolute atomic E-state index is 0.0370. The van der Waals surface area contributed by atoms with Crippen LogP contribution in [0.3, 0.4) is 0 Å². The molecule has 0 atom stereocenters. The second-order valence-corrected chi connectivity index (χ2v) is 6.49. The van der Waals surface area contributed by atoms with Crippen LogP contribution in [-0.2, 0) is 6.18 Å². The van der Waals surface area contributed by atoms with Crippen molar-refractivity contribution < 1.29 is 13.2 Å². The highest BCUT2D eigenvalue weighted by molar-refractivity contribution is 6.30. The summed E-state index contributed by atoms with van der Waals surface area (Å²) in [6, 6.07) is 3.38. The first kappa shape index (κ1) is 16.9. The van der Waals surface area contributed by atoms with Gasteiger partial charge in [0.15, 0.2) is 5.65 Å². The second-order valence-electron chi connectivity index (χ2n) is 6.05. The number of H-pyrrole nitrogens is 1. The normalized spacial score (nSPS) is 15.2. The quantitative estimate of drug-likeness (QED) is 0.736. The lowest BCUT2D eigenvalue weighted by Gasteiger charge is -2.14. The minimum Gasteiger partial charge on any atom is -0.342 e. The van der Waals surface area contributed by atoms with E-state index in [4.69, 9.17) is 11.6 Å². The minimum atomic E-state index is -4.61. The topological polar surface area (TPSA) is 66.8 Å². The van der Waals surface area contributed by atoms with E-state index in [-0.39, 0.29) is 21.7 Å². The van der Waals surface area contributed by atoms with Gasteiger partial charge >= 0.3 is 6.18 Å². The monoisotopic (exact) mass is 383 g/mol. The first-order valence-electron chi connectivity index (χ1n) is 7.95. The maximum Gasteiger partial charge on any atom is 0.418 e. The lowest BCUT2D eigenvalue weighted by atomic mass is 10.1. The first-order chi connectivity index (χ1) is 12.3. The van der Waals surface area contributed by atoms with Gasteiger partial charge in [0.2, 0.25) is 5.95 Å². The molecule has 1 aliphatic rings. The number of aromatic amines is 1. The smallest absolute Gasteiger partial charge is 0.342 e. The van der Waals surface area contributed by atoms with Crippen LogP contribution in [0.25, 0.3) is 16.7 Å². The fourth-order valence-electron chi connectivity index (χ4n) is 3.04. The Labute approximate surface area is 150 Å². The predicted octanol–water partition coefficient (Wildman–Crippen LogP) is 3.38. The van der Waals surface area contributed by atoms with Crippen LogP contribution in [0, 0.1) is 0 Å². The summed E-state index contributed by atoms with van der Waals surface area (Å²) in [4.78, 5) is 21.2. The lowest BCUT2D eigenvalue weighted by Crippen LogP contribution is -2.23. The molecule has 0 unspecified atom stereocenters. The highest BCUT2D eigenvalue weighted by Crippen LogP contribution is 2.35. The van der Waals surface area contributed by atoms with E-state index in [1.807, 2.05) is 4.90 Å². The highest BCUT2D eigenvalue weighted by Gasteiger charge is 2.34. The Kier molecular flexibility index (Phi) is 3.91. The van der Waals surface area contributed by atoms with Gasteiger partial charge in [-0.25, -0.2) is 4.68 Å². The van der Waals surface area contributed by atoms with Gasteiger partial charge in [-0.15, -0.1) is 5.10 Å². The maximum absolute atomic E-state index is 13.3. The third-order valence-corrected chi connectivity index (χ3v) is 4.53. The van der Waals surface area contributed by atoms with Crippen molar-refractivity contribution in [2.24, 2.45) is 0 Å². The van der Waals surface area contributed by atoms with Crippen LogP contribution < -0.4 is 10.5 Å². The summed E-state index contributed by atoms with van der Waals surface area (Å²) in [7, 11) is 0. The number of aromatic nitrogens is 4. The number of nitrogens with zero attached hydrogens (tertiary/aromatic N) is 4. The van der Waals surface area contributed by atoms with Crippen molar-refractivity contribution in [3.05, 3.63) is 45.3 Å². The van der Waals surface area contributed by atoms with Crippen molar-refractivity contribution in [1.82, 2.24) is 19.7 Å². The van der Waals surface area contributed by atoms with E-state index in [0.29, 0.717) is 5.95 Å². The molecule has 2 aromatic heterocycles. The van der Waals surface area contributed by atoms with Gasteiger partial charge in [-0.1, -0.05) is 11.6 Å². The summed E-state index contributed by atoms with van der Waals surface area (Å²) in [5, 5.41) is 4.18.